The normalized spacial score (nSPS) is 11.9. The van der Waals surface area contributed by atoms with Crippen molar-refractivity contribution in [2.24, 2.45) is 0 Å². The first-order valence-corrected chi connectivity index (χ1v) is 12.1. The second kappa shape index (κ2) is 14.2. The summed E-state index contributed by atoms with van der Waals surface area (Å²) in [4.78, 5) is 41.7. The largest absolute Gasteiger partial charge is 0.445 e. The van der Waals surface area contributed by atoms with Crippen molar-refractivity contribution < 1.29 is 29.0 Å². The first kappa shape index (κ1) is 28.0. The highest BCUT2D eigenvalue weighted by Gasteiger charge is 2.34. The minimum Gasteiger partial charge on any atom is -0.445 e. The van der Waals surface area contributed by atoms with E-state index in [4.69, 9.17) is 4.74 Å². The van der Waals surface area contributed by atoms with Crippen molar-refractivity contribution in [1.29, 1.82) is 0 Å². The van der Waals surface area contributed by atoms with Crippen LogP contribution in [0.25, 0.3) is 5.53 Å². The molecule has 0 heterocycles. The molecule has 0 aliphatic rings. The lowest BCUT2D eigenvalue weighted by Crippen LogP contribution is -2.52. The molecular weight excluding hydrogens is 484 g/mol. The van der Waals surface area contributed by atoms with Gasteiger partial charge in [-0.2, -0.15) is 4.79 Å². The molecule has 0 aliphatic heterocycles. The van der Waals surface area contributed by atoms with Crippen molar-refractivity contribution >= 4 is 23.5 Å². The number of benzene rings is 3. The molecule has 38 heavy (non-hydrogen) atoms. The lowest BCUT2D eigenvalue weighted by Gasteiger charge is -2.29. The lowest BCUT2D eigenvalue weighted by molar-refractivity contribution is -0.133. The third kappa shape index (κ3) is 8.51. The monoisotopic (exact) mass is 514 g/mol. The van der Waals surface area contributed by atoms with E-state index < -0.39 is 35.6 Å². The summed E-state index contributed by atoms with van der Waals surface area (Å²) in [6, 6.07) is 26.6. The molecule has 2 amide bonds. The minimum absolute atomic E-state index is 0.0412. The Morgan fingerprint density at radius 3 is 1.95 bits per heavy atom. The van der Waals surface area contributed by atoms with Gasteiger partial charge in [-0.25, -0.2) is 4.79 Å². The van der Waals surface area contributed by atoms with Gasteiger partial charge in [0.1, 0.15) is 6.61 Å². The average Bonchev–Trinajstić information content (AvgIpc) is 2.93. The third-order valence-corrected chi connectivity index (χ3v) is 5.83. The van der Waals surface area contributed by atoms with Gasteiger partial charge in [0.05, 0.1) is 12.1 Å². The van der Waals surface area contributed by atoms with E-state index in [1.54, 1.807) is 24.3 Å². The number of aliphatic hydroxyl groups excluding tert-OH is 1. The molecule has 0 saturated heterocycles. The van der Waals surface area contributed by atoms with E-state index in [1.807, 2.05) is 66.7 Å². The zero-order valence-electron chi connectivity index (χ0n) is 21.1. The van der Waals surface area contributed by atoms with Crippen LogP contribution >= 0.6 is 0 Å². The Morgan fingerprint density at radius 1 is 0.895 bits per heavy atom. The van der Waals surface area contributed by atoms with Crippen LogP contribution in [0, 0.1) is 0 Å². The summed E-state index contributed by atoms with van der Waals surface area (Å²) in [5, 5.41) is 14.0. The van der Waals surface area contributed by atoms with Gasteiger partial charge in [-0.1, -0.05) is 91.0 Å². The number of aliphatic hydroxyl groups is 1. The van der Waals surface area contributed by atoms with E-state index in [-0.39, 0.29) is 26.1 Å². The van der Waals surface area contributed by atoms with Gasteiger partial charge in [-0.3, -0.25) is 9.59 Å². The number of nitrogens with one attached hydrogen (secondary N) is 1. The van der Waals surface area contributed by atoms with E-state index in [0.29, 0.717) is 0 Å². The van der Waals surface area contributed by atoms with E-state index in [2.05, 4.69) is 10.1 Å². The van der Waals surface area contributed by atoms with Crippen molar-refractivity contribution in [1.82, 2.24) is 10.2 Å². The molecular formula is C29H30N4O5. The number of ether oxygens (including phenoxy) is 1. The van der Waals surface area contributed by atoms with E-state index in [1.165, 1.54) is 4.90 Å². The van der Waals surface area contributed by atoms with Crippen molar-refractivity contribution in [2.45, 2.75) is 38.6 Å². The molecule has 0 radical (unpaired) electrons. The SMILES string of the molecule is CC(=O)C(=[N+]=[N-])C(=O)N(Cc1ccccc1)C[C@@H](O)C(Cc1ccccc1)NC(=O)OCc1ccccc1. The molecule has 9 nitrogen and oxygen atoms in total. The molecule has 3 aromatic rings. The van der Waals surface area contributed by atoms with E-state index in [9.17, 15) is 25.0 Å². The molecule has 1 unspecified atom stereocenters. The number of nitrogens with zero attached hydrogens (tertiary/aromatic N) is 3. The number of hydrogen-bond acceptors (Lipinski definition) is 5. The maximum atomic E-state index is 13.1. The molecule has 0 aliphatic carbocycles. The fourth-order valence-electron chi connectivity index (χ4n) is 3.86. The van der Waals surface area contributed by atoms with Gasteiger partial charge in [0, 0.05) is 20.0 Å². The Bertz CT molecular complexity index is 1260. The summed E-state index contributed by atoms with van der Waals surface area (Å²) in [6.07, 6.45) is -1.72. The van der Waals surface area contributed by atoms with Gasteiger partial charge in [-0.05, 0) is 23.1 Å². The summed E-state index contributed by atoms with van der Waals surface area (Å²) < 4.78 is 5.34. The molecule has 0 spiro atoms. The smallest absolute Gasteiger partial charge is 0.421 e. The quantitative estimate of drug-likeness (QED) is 0.166. The molecule has 0 bridgehead atoms. The fourth-order valence-corrected chi connectivity index (χ4v) is 3.86. The maximum Gasteiger partial charge on any atom is 0.421 e. The van der Waals surface area contributed by atoms with E-state index in [0.717, 1.165) is 23.6 Å². The molecule has 9 heteroatoms. The highest BCUT2D eigenvalue weighted by Crippen LogP contribution is 2.12. The van der Waals surface area contributed by atoms with Gasteiger partial charge >= 0.3 is 17.7 Å². The second-order valence-electron chi connectivity index (χ2n) is 8.75. The number of alkyl carbamates (subject to hydrolysis) is 1. The maximum absolute atomic E-state index is 13.1. The first-order valence-electron chi connectivity index (χ1n) is 12.1. The number of hydrogen-bond donors (Lipinski definition) is 2. The zero-order valence-corrected chi connectivity index (χ0v) is 21.1. The summed E-state index contributed by atoms with van der Waals surface area (Å²) in [5.41, 5.74) is 11.0. The van der Waals surface area contributed by atoms with Gasteiger partial charge < -0.3 is 25.6 Å². The van der Waals surface area contributed by atoms with Crippen LogP contribution in [0.15, 0.2) is 91.0 Å². The van der Waals surface area contributed by atoms with Crippen molar-refractivity contribution in [3.63, 3.8) is 0 Å². The Balaban J connectivity index is 1.80. The van der Waals surface area contributed by atoms with Gasteiger partial charge in [0.15, 0.2) is 0 Å². The van der Waals surface area contributed by atoms with Crippen LogP contribution in [0.4, 0.5) is 4.79 Å². The summed E-state index contributed by atoms with van der Waals surface area (Å²) in [5.74, 6) is -1.55. The molecule has 3 aromatic carbocycles. The van der Waals surface area contributed by atoms with Crippen LogP contribution in [-0.2, 0) is 33.9 Å². The molecule has 0 saturated carbocycles. The Morgan fingerprint density at radius 2 is 1.42 bits per heavy atom. The number of carbonyl (C=O) groups is 3. The fraction of sp³-hybridized carbons (Fsp3) is 0.241. The van der Waals surface area contributed by atoms with Crippen LogP contribution in [0.5, 0.6) is 0 Å². The highest BCUT2D eigenvalue weighted by atomic mass is 16.5. The number of amides is 2. The molecule has 2 atom stereocenters. The van der Waals surface area contributed by atoms with Crippen molar-refractivity contribution in [3.8, 4) is 0 Å². The predicted molar refractivity (Wildman–Crippen MR) is 141 cm³/mol. The summed E-state index contributed by atoms with van der Waals surface area (Å²) in [7, 11) is 0. The molecule has 196 valence electrons. The number of rotatable bonds is 12. The second-order valence-corrected chi connectivity index (χ2v) is 8.75. The predicted octanol–water partition coefficient (Wildman–Crippen LogP) is 3.17. The summed E-state index contributed by atoms with van der Waals surface area (Å²) >= 11 is 0. The molecule has 0 fully saturated rings. The van der Waals surface area contributed by atoms with Gasteiger partial charge in [0.25, 0.3) is 0 Å². The standard InChI is InChI=1S/C29H30N4O5/c1-21(34)27(32-30)28(36)33(18-23-13-7-3-8-14-23)19-26(35)25(17-22-11-5-2-6-12-22)31-29(37)38-20-24-15-9-4-10-16-24/h2-16,25-26,35H,17-20H2,1H3,(H,31,37)/t25?,26-/m1/s1. The molecule has 2 N–H and O–H groups in total. The Labute approximate surface area is 221 Å². The number of Topliss-reactive ketones (excluding diaryl/α,β-unsaturated/α-hetero) is 1. The topological polar surface area (TPSA) is 132 Å². The van der Waals surface area contributed by atoms with E-state index >= 15 is 0 Å². The number of ketones is 1. The van der Waals surface area contributed by atoms with Crippen molar-refractivity contribution in [3.05, 3.63) is 113 Å². The van der Waals surface area contributed by atoms with Crippen LogP contribution in [0.3, 0.4) is 0 Å². The number of carbonyl (C=O) groups excluding carboxylic acids is 3. The van der Waals surface area contributed by atoms with Crippen LogP contribution in [-0.4, -0.2) is 57.0 Å². The van der Waals surface area contributed by atoms with Crippen molar-refractivity contribution in [2.75, 3.05) is 6.54 Å². The Hall–Kier alpha value is -4.59. The van der Waals surface area contributed by atoms with Crippen LogP contribution in [0.2, 0.25) is 0 Å². The van der Waals surface area contributed by atoms with Crippen LogP contribution in [0.1, 0.15) is 23.6 Å². The third-order valence-electron chi connectivity index (χ3n) is 5.83. The highest BCUT2D eigenvalue weighted by molar-refractivity contribution is 6.63. The zero-order chi connectivity index (χ0) is 27.3. The molecule has 0 aromatic heterocycles. The summed E-state index contributed by atoms with van der Waals surface area (Å²) in [6.45, 7) is 0.955. The van der Waals surface area contributed by atoms with Gasteiger partial charge in [0.2, 0.25) is 5.78 Å². The lowest BCUT2D eigenvalue weighted by atomic mass is 10.0. The Kier molecular flexibility index (Phi) is 10.5. The first-order chi connectivity index (χ1) is 18.4. The van der Waals surface area contributed by atoms with Gasteiger partial charge in [-0.15, -0.1) is 0 Å². The van der Waals surface area contributed by atoms with Crippen LogP contribution < -0.4 is 5.32 Å². The average molecular weight is 515 g/mol. The minimum atomic E-state index is -1.25. The molecule has 3 rings (SSSR count).